The summed E-state index contributed by atoms with van der Waals surface area (Å²) < 4.78 is 40.2. The quantitative estimate of drug-likeness (QED) is 0.826. The molecule has 2 rings (SSSR count). The van der Waals surface area contributed by atoms with Crippen LogP contribution in [0.25, 0.3) is 0 Å². The Morgan fingerprint density at radius 2 is 2.05 bits per heavy atom. The Morgan fingerprint density at radius 1 is 1.35 bits per heavy atom. The molecule has 1 heterocycles. The summed E-state index contributed by atoms with van der Waals surface area (Å²) in [7, 11) is -3.93. The van der Waals surface area contributed by atoms with Gasteiger partial charge >= 0.3 is 0 Å². The summed E-state index contributed by atoms with van der Waals surface area (Å²) in [6.45, 7) is 1.75. The zero-order valence-electron chi connectivity index (χ0n) is 10.2. The maximum Gasteiger partial charge on any atom is 0.262 e. The molecule has 0 aliphatic heterocycles. The second kappa shape index (κ2) is 5.67. The van der Waals surface area contributed by atoms with Crippen LogP contribution >= 0.6 is 27.5 Å². The molecule has 0 saturated heterocycles. The second-order valence-corrected chi connectivity index (χ2v) is 6.93. The van der Waals surface area contributed by atoms with Gasteiger partial charge in [-0.05, 0) is 52.7 Å². The van der Waals surface area contributed by atoms with Crippen molar-refractivity contribution in [1.82, 2.24) is 4.98 Å². The van der Waals surface area contributed by atoms with Crippen LogP contribution in [-0.4, -0.2) is 13.4 Å². The number of nitrogens with one attached hydrogen (secondary N) is 1. The predicted octanol–water partition coefficient (Wildman–Crippen LogP) is 3.75. The van der Waals surface area contributed by atoms with E-state index >= 15 is 0 Å². The number of pyridine rings is 1. The molecule has 0 saturated carbocycles. The highest BCUT2D eigenvalue weighted by Crippen LogP contribution is 2.25. The maximum absolute atomic E-state index is 13.4. The van der Waals surface area contributed by atoms with E-state index in [-0.39, 0.29) is 20.2 Å². The van der Waals surface area contributed by atoms with Gasteiger partial charge in [-0.15, -0.1) is 0 Å². The molecule has 2 aromatic rings. The van der Waals surface area contributed by atoms with Gasteiger partial charge in [0.2, 0.25) is 0 Å². The second-order valence-electron chi connectivity index (χ2n) is 4.03. The van der Waals surface area contributed by atoms with Crippen LogP contribution in [0.2, 0.25) is 5.15 Å². The van der Waals surface area contributed by atoms with Gasteiger partial charge in [0.1, 0.15) is 5.82 Å². The van der Waals surface area contributed by atoms with Crippen molar-refractivity contribution in [2.45, 2.75) is 11.8 Å². The van der Waals surface area contributed by atoms with Crippen LogP contribution in [0, 0.1) is 12.7 Å². The van der Waals surface area contributed by atoms with Crippen LogP contribution in [0.5, 0.6) is 0 Å². The van der Waals surface area contributed by atoms with E-state index < -0.39 is 15.8 Å². The molecule has 1 aromatic heterocycles. The van der Waals surface area contributed by atoms with Gasteiger partial charge in [-0.3, -0.25) is 4.72 Å². The Labute approximate surface area is 129 Å². The first kappa shape index (κ1) is 15.2. The summed E-state index contributed by atoms with van der Waals surface area (Å²) >= 11 is 8.79. The smallest absolute Gasteiger partial charge is 0.262 e. The van der Waals surface area contributed by atoms with Crippen LogP contribution in [0.15, 0.2) is 39.8 Å². The monoisotopic (exact) mass is 378 g/mol. The van der Waals surface area contributed by atoms with Crippen molar-refractivity contribution in [2.24, 2.45) is 0 Å². The molecular formula is C12H9BrClFN2O2S. The molecule has 4 nitrogen and oxygen atoms in total. The first-order valence-electron chi connectivity index (χ1n) is 5.39. The molecule has 0 amide bonds. The molecule has 0 aliphatic carbocycles. The minimum Gasteiger partial charge on any atom is -0.276 e. The topological polar surface area (TPSA) is 59.1 Å². The fourth-order valence-electron chi connectivity index (χ4n) is 1.47. The van der Waals surface area contributed by atoms with Crippen molar-refractivity contribution >= 4 is 43.2 Å². The fraction of sp³-hybridized carbons (Fsp3) is 0.0833. The Balaban J connectivity index is 2.40. The summed E-state index contributed by atoms with van der Waals surface area (Å²) in [5, 5.41) is 0.0248. The van der Waals surface area contributed by atoms with Crippen LogP contribution in [0.4, 0.5) is 10.1 Å². The SMILES string of the molecule is Cc1cnc(Cl)c(NS(=O)(=O)c2ccc(Br)c(F)c2)c1. The molecule has 0 radical (unpaired) electrons. The van der Waals surface area contributed by atoms with Crippen molar-refractivity contribution < 1.29 is 12.8 Å². The number of benzene rings is 1. The lowest BCUT2D eigenvalue weighted by Crippen LogP contribution is -2.14. The van der Waals surface area contributed by atoms with Crippen LogP contribution in [0.1, 0.15) is 5.56 Å². The van der Waals surface area contributed by atoms with Gasteiger partial charge < -0.3 is 0 Å². The van der Waals surface area contributed by atoms with Gasteiger partial charge in [-0.1, -0.05) is 11.6 Å². The Bertz CT molecular complexity index is 768. The molecule has 0 bridgehead atoms. The van der Waals surface area contributed by atoms with E-state index in [2.05, 4.69) is 25.6 Å². The molecule has 0 aliphatic rings. The third kappa shape index (κ3) is 3.28. The summed E-state index contributed by atoms with van der Waals surface area (Å²) in [6, 6.07) is 5.07. The van der Waals surface area contributed by atoms with Gasteiger partial charge in [0.15, 0.2) is 5.15 Å². The van der Waals surface area contributed by atoms with Crippen molar-refractivity contribution in [3.63, 3.8) is 0 Å². The van der Waals surface area contributed by atoms with E-state index in [1.165, 1.54) is 18.3 Å². The average molecular weight is 380 g/mol. The molecule has 1 N–H and O–H groups in total. The number of aryl methyl sites for hydroxylation is 1. The number of anilines is 1. The molecule has 8 heteroatoms. The zero-order valence-corrected chi connectivity index (χ0v) is 13.4. The molecule has 20 heavy (non-hydrogen) atoms. The molecule has 1 aromatic carbocycles. The number of aromatic nitrogens is 1. The van der Waals surface area contributed by atoms with Crippen molar-refractivity contribution in [2.75, 3.05) is 4.72 Å². The number of rotatable bonds is 3. The summed E-state index contributed by atoms with van der Waals surface area (Å²) in [5.41, 5.74) is 0.893. The highest BCUT2D eigenvalue weighted by atomic mass is 79.9. The first-order chi connectivity index (χ1) is 9.29. The van der Waals surface area contributed by atoms with Gasteiger partial charge in [0.05, 0.1) is 15.1 Å². The first-order valence-corrected chi connectivity index (χ1v) is 8.05. The van der Waals surface area contributed by atoms with E-state index in [9.17, 15) is 12.8 Å². The average Bonchev–Trinajstić information content (AvgIpc) is 2.36. The number of hydrogen-bond acceptors (Lipinski definition) is 3. The lowest BCUT2D eigenvalue weighted by Gasteiger charge is -2.10. The highest BCUT2D eigenvalue weighted by Gasteiger charge is 2.17. The third-order valence-corrected chi connectivity index (χ3v) is 4.73. The van der Waals surface area contributed by atoms with Gasteiger partial charge in [0.25, 0.3) is 10.0 Å². The standard InChI is InChI=1S/C12H9BrClFN2O2S/c1-7-4-11(12(14)16-6-7)17-20(18,19)8-2-3-9(13)10(15)5-8/h2-6,17H,1H3. The zero-order chi connectivity index (χ0) is 14.9. The molecule has 0 atom stereocenters. The summed E-state index contributed by atoms with van der Waals surface area (Å²) in [6.07, 6.45) is 1.51. The van der Waals surface area contributed by atoms with Crippen molar-refractivity contribution in [1.29, 1.82) is 0 Å². The fourth-order valence-corrected chi connectivity index (χ4v) is 2.99. The molecule has 0 spiro atoms. The lowest BCUT2D eigenvalue weighted by molar-refractivity contribution is 0.593. The number of sulfonamides is 1. The molecular weight excluding hydrogens is 371 g/mol. The summed E-state index contributed by atoms with van der Waals surface area (Å²) in [5.74, 6) is -0.665. The maximum atomic E-state index is 13.4. The number of nitrogens with zero attached hydrogens (tertiary/aromatic N) is 1. The van der Waals surface area contributed by atoms with Gasteiger partial charge in [0, 0.05) is 6.20 Å². The van der Waals surface area contributed by atoms with Crippen molar-refractivity contribution in [3.8, 4) is 0 Å². The van der Waals surface area contributed by atoms with Crippen molar-refractivity contribution in [3.05, 3.63) is 51.5 Å². The normalized spacial score (nSPS) is 11.4. The van der Waals surface area contributed by atoms with Crippen LogP contribution in [0.3, 0.4) is 0 Å². The van der Waals surface area contributed by atoms with E-state index in [0.29, 0.717) is 0 Å². The number of hydrogen-bond donors (Lipinski definition) is 1. The highest BCUT2D eigenvalue weighted by molar-refractivity contribution is 9.10. The van der Waals surface area contributed by atoms with Gasteiger partial charge in [-0.25, -0.2) is 17.8 Å². The van der Waals surface area contributed by atoms with E-state index in [1.54, 1.807) is 13.0 Å². The van der Waals surface area contributed by atoms with E-state index in [0.717, 1.165) is 11.6 Å². The predicted molar refractivity (Wildman–Crippen MR) is 78.9 cm³/mol. The van der Waals surface area contributed by atoms with E-state index in [1.807, 2.05) is 0 Å². The molecule has 0 unspecified atom stereocenters. The minimum atomic E-state index is -3.93. The largest absolute Gasteiger partial charge is 0.276 e. The number of halogens is 3. The Morgan fingerprint density at radius 3 is 2.70 bits per heavy atom. The van der Waals surface area contributed by atoms with Crippen LogP contribution in [-0.2, 0) is 10.0 Å². The summed E-state index contributed by atoms with van der Waals surface area (Å²) in [4.78, 5) is 3.65. The third-order valence-electron chi connectivity index (χ3n) is 2.42. The molecule has 106 valence electrons. The lowest BCUT2D eigenvalue weighted by atomic mass is 10.3. The van der Waals surface area contributed by atoms with Gasteiger partial charge in [-0.2, -0.15) is 0 Å². The van der Waals surface area contributed by atoms with E-state index in [4.69, 9.17) is 11.6 Å². The minimum absolute atomic E-state index is 0.0248. The Hall–Kier alpha value is -1.18. The van der Waals surface area contributed by atoms with Crippen LogP contribution < -0.4 is 4.72 Å². The Kier molecular flexibility index (Phi) is 4.31. The molecule has 0 fully saturated rings.